The Labute approximate surface area is 114 Å². The van der Waals surface area contributed by atoms with Crippen LogP contribution in [0.15, 0.2) is 28.7 Å². The molecule has 1 saturated carbocycles. The van der Waals surface area contributed by atoms with Crippen molar-refractivity contribution in [3.8, 4) is 0 Å². The van der Waals surface area contributed by atoms with E-state index in [2.05, 4.69) is 19.9 Å². The van der Waals surface area contributed by atoms with E-state index in [0.29, 0.717) is 5.92 Å². The van der Waals surface area contributed by atoms with Crippen LogP contribution in [-0.4, -0.2) is 5.11 Å². The van der Waals surface area contributed by atoms with E-state index < -0.39 is 6.10 Å². The summed E-state index contributed by atoms with van der Waals surface area (Å²) in [6.07, 6.45) is 4.22. The van der Waals surface area contributed by atoms with Gasteiger partial charge in [-0.2, -0.15) is 0 Å². The van der Waals surface area contributed by atoms with Crippen molar-refractivity contribution in [3.05, 3.63) is 35.6 Å². The zero-order valence-electron chi connectivity index (χ0n) is 11.7. The van der Waals surface area contributed by atoms with Crippen LogP contribution < -0.4 is 0 Å². The monoisotopic (exact) mass is 258 g/mol. The quantitative estimate of drug-likeness (QED) is 0.854. The highest BCUT2D eigenvalue weighted by atomic mass is 16.4. The molecule has 2 nitrogen and oxygen atoms in total. The molecule has 1 fully saturated rings. The fraction of sp³-hybridized carbons (Fsp3) is 0.529. The third kappa shape index (κ3) is 2.55. The van der Waals surface area contributed by atoms with Crippen LogP contribution >= 0.6 is 0 Å². The first kappa shape index (κ1) is 12.7. The number of fused-ring (bicyclic) bond motifs is 1. The minimum atomic E-state index is -0.444. The lowest BCUT2D eigenvalue weighted by molar-refractivity contribution is 0.0588. The Kier molecular flexibility index (Phi) is 3.36. The maximum atomic E-state index is 10.5. The Hall–Kier alpha value is -1.28. The summed E-state index contributed by atoms with van der Waals surface area (Å²) in [7, 11) is 0. The summed E-state index contributed by atoms with van der Waals surface area (Å²) in [4.78, 5) is 0. The third-order valence-electron chi connectivity index (χ3n) is 4.49. The Morgan fingerprint density at radius 1 is 1.16 bits per heavy atom. The standard InChI is InChI=1S/C17H22O2/c1-11-3-6-13(7-4-11)17(18)16-10-14-9-12(2)5-8-15(14)19-16/h5,8-11,13,17-18H,3-4,6-7H2,1-2H3. The van der Waals surface area contributed by atoms with Crippen LogP contribution in [0.3, 0.4) is 0 Å². The zero-order valence-corrected chi connectivity index (χ0v) is 11.7. The second-order valence-electron chi connectivity index (χ2n) is 6.15. The van der Waals surface area contributed by atoms with Crippen molar-refractivity contribution in [2.75, 3.05) is 0 Å². The van der Waals surface area contributed by atoms with Crippen molar-refractivity contribution in [1.82, 2.24) is 0 Å². The molecule has 2 aromatic rings. The first-order valence-corrected chi connectivity index (χ1v) is 7.31. The minimum absolute atomic E-state index is 0.359. The molecule has 0 bridgehead atoms. The molecule has 1 N–H and O–H groups in total. The normalized spacial score (nSPS) is 25.6. The molecule has 1 heterocycles. The molecule has 0 radical (unpaired) electrons. The molecule has 1 aromatic heterocycles. The van der Waals surface area contributed by atoms with Gasteiger partial charge in [-0.05, 0) is 49.8 Å². The molecule has 0 amide bonds. The highest BCUT2D eigenvalue weighted by Gasteiger charge is 2.27. The van der Waals surface area contributed by atoms with Gasteiger partial charge < -0.3 is 9.52 Å². The fourth-order valence-electron chi connectivity index (χ4n) is 3.16. The molecule has 3 rings (SSSR count). The van der Waals surface area contributed by atoms with Crippen molar-refractivity contribution in [2.24, 2.45) is 11.8 Å². The van der Waals surface area contributed by atoms with Gasteiger partial charge in [0.15, 0.2) is 0 Å². The van der Waals surface area contributed by atoms with Gasteiger partial charge in [-0.3, -0.25) is 0 Å². The summed E-state index contributed by atoms with van der Waals surface area (Å²) in [6, 6.07) is 8.15. The summed E-state index contributed by atoms with van der Waals surface area (Å²) in [6.45, 7) is 4.37. The molecule has 1 aliphatic rings. The van der Waals surface area contributed by atoms with Gasteiger partial charge >= 0.3 is 0 Å². The molecular formula is C17H22O2. The van der Waals surface area contributed by atoms with Crippen LogP contribution in [0, 0.1) is 18.8 Å². The Balaban J connectivity index is 1.83. The molecule has 102 valence electrons. The lowest BCUT2D eigenvalue weighted by atomic mass is 9.79. The van der Waals surface area contributed by atoms with E-state index in [1.807, 2.05) is 18.2 Å². The van der Waals surface area contributed by atoms with Crippen molar-refractivity contribution in [1.29, 1.82) is 0 Å². The molecule has 0 spiro atoms. The summed E-state index contributed by atoms with van der Waals surface area (Å²) in [5.74, 6) is 1.90. The molecular weight excluding hydrogens is 236 g/mol. The van der Waals surface area contributed by atoms with Gasteiger partial charge in [0.05, 0.1) is 0 Å². The third-order valence-corrected chi connectivity index (χ3v) is 4.49. The van der Waals surface area contributed by atoms with Crippen molar-refractivity contribution >= 4 is 11.0 Å². The summed E-state index contributed by atoms with van der Waals surface area (Å²) in [5, 5.41) is 11.6. The number of benzene rings is 1. The van der Waals surface area contributed by atoms with E-state index in [1.54, 1.807) is 0 Å². The fourth-order valence-corrected chi connectivity index (χ4v) is 3.16. The van der Waals surface area contributed by atoms with E-state index in [-0.39, 0.29) is 0 Å². The largest absolute Gasteiger partial charge is 0.458 e. The molecule has 19 heavy (non-hydrogen) atoms. The molecule has 0 saturated heterocycles. The van der Waals surface area contributed by atoms with E-state index in [9.17, 15) is 5.11 Å². The lowest BCUT2D eigenvalue weighted by Crippen LogP contribution is -2.18. The predicted octanol–water partition coefficient (Wildman–Crippen LogP) is 4.60. The second-order valence-corrected chi connectivity index (χ2v) is 6.15. The van der Waals surface area contributed by atoms with Gasteiger partial charge in [0.25, 0.3) is 0 Å². The zero-order chi connectivity index (χ0) is 13.4. The van der Waals surface area contributed by atoms with Crippen LogP contribution in [-0.2, 0) is 0 Å². The summed E-state index contributed by atoms with van der Waals surface area (Å²) < 4.78 is 5.81. The number of aryl methyl sites for hydroxylation is 1. The smallest absolute Gasteiger partial charge is 0.134 e. The Morgan fingerprint density at radius 2 is 1.89 bits per heavy atom. The van der Waals surface area contributed by atoms with Gasteiger partial charge in [0.1, 0.15) is 17.4 Å². The number of rotatable bonds is 2. The average Bonchev–Trinajstić information content (AvgIpc) is 2.81. The number of hydrogen-bond acceptors (Lipinski definition) is 2. The maximum Gasteiger partial charge on any atom is 0.134 e. The predicted molar refractivity (Wildman–Crippen MR) is 77.0 cm³/mol. The van der Waals surface area contributed by atoms with E-state index in [4.69, 9.17) is 4.42 Å². The first-order chi connectivity index (χ1) is 9.13. The van der Waals surface area contributed by atoms with Crippen LogP contribution in [0.4, 0.5) is 0 Å². The molecule has 1 atom stereocenters. The number of aliphatic hydroxyl groups excluding tert-OH is 1. The van der Waals surface area contributed by atoms with Gasteiger partial charge in [-0.25, -0.2) is 0 Å². The van der Waals surface area contributed by atoms with Gasteiger partial charge in [-0.1, -0.05) is 31.4 Å². The van der Waals surface area contributed by atoms with Gasteiger partial charge in [-0.15, -0.1) is 0 Å². The molecule has 1 aliphatic carbocycles. The molecule has 1 aromatic carbocycles. The maximum absolute atomic E-state index is 10.5. The van der Waals surface area contributed by atoms with Gasteiger partial charge in [0, 0.05) is 5.39 Å². The van der Waals surface area contributed by atoms with Gasteiger partial charge in [0.2, 0.25) is 0 Å². The van der Waals surface area contributed by atoms with Crippen LogP contribution in [0.2, 0.25) is 0 Å². The Morgan fingerprint density at radius 3 is 2.63 bits per heavy atom. The topological polar surface area (TPSA) is 33.4 Å². The summed E-state index contributed by atoms with van der Waals surface area (Å²) >= 11 is 0. The van der Waals surface area contributed by atoms with Crippen molar-refractivity contribution in [3.63, 3.8) is 0 Å². The van der Waals surface area contributed by atoms with E-state index >= 15 is 0 Å². The molecule has 2 heteroatoms. The molecule has 0 aliphatic heterocycles. The highest BCUT2D eigenvalue weighted by molar-refractivity contribution is 5.78. The Bertz CT molecular complexity index is 562. The van der Waals surface area contributed by atoms with Crippen molar-refractivity contribution < 1.29 is 9.52 Å². The summed E-state index contributed by atoms with van der Waals surface area (Å²) in [5.41, 5.74) is 2.10. The minimum Gasteiger partial charge on any atom is -0.458 e. The number of furan rings is 1. The second kappa shape index (κ2) is 5.01. The van der Waals surface area contributed by atoms with Crippen LogP contribution in [0.1, 0.15) is 50.0 Å². The lowest BCUT2D eigenvalue weighted by Gasteiger charge is -2.28. The van der Waals surface area contributed by atoms with Crippen molar-refractivity contribution in [2.45, 2.75) is 45.6 Å². The van der Waals surface area contributed by atoms with E-state index in [0.717, 1.165) is 35.5 Å². The van der Waals surface area contributed by atoms with E-state index in [1.165, 1.54) is 18.4 Å². The number of aliphatic hydroxyl groups is 1. The highest BCUT2D eigenvalue weighted by Crippen LogP contribution is 2.38. The molecule has 1 unspecified atom stereocenters. The average molecular weight is 258 g/mol. The van der Waals surface area contributed by atoms with Crippen LogP contribution in [0.5, 0.6) is 0 Å². The number of hydrogen-bond donors (Lipinski definition) is 1. The SMILES string of the molecule is Cc1ccc2oc(C(O)C3CCC(C)CC3)cc2c1. The van der Waals surface area contributed by atoms with Crippen LogP contribution in [0.25, 0.3) is 11.0 Å². The first-order valence-electron chi connectivity index (χ1n) is 7.31.